The highest BCUT2D eigenvalue weighted by molar-refractivity contribution is 5.77. The maximum atomic E-state index is 5.75. The Morgan fingerprint density at radius 1 is 1.24 bits per heavy atom. The first kappa shape index (κ1) is 13.1. The summed E-state index contributed by atoms with van der Waals surface area (Å²) in [5, 5.41) is 0. The lowest BCUT2D eigenvalue weighted by atomic mass is 10.2. The van der Waals surface area contributed by atoms with Crippen LogP contribution in [-0.4, -0.2) is 19.5 Å². The number of ether oxygens (including phenoxy) is 1. The summed E-state index contributed by atoms with van der Waals surface area (Å²) in [5.41, 5.74) is 8.04. The van der Waals surface area contributed by atoms with Crippen molar-refractivity contribution in [2.75, 3.05) is 5.73 Å². The Morgan fingerprint density at radius 3 is 2.81 bits per heavy atom. The quantitative estimate of drug-likeness (QED) is 0.725. The largest absolute Gasteiger partial charge is 0.471 e. The molecule has 0 aliphatic carbocycles. The molecule has 0 atom stereocenters. The van der Waals surface area contributed by atoms with Crippen LogP contribution in [0.15, 0.2) is 49.3 Å². The lowest BCUT2D eigenvalue weighted by Gasteiger charge is -2.07. The SMILES string of the molecule is C=CCn1cnc2c(OCc3ccccc3)nc(N)nc21. The van der Waals surface area contributed by atoms with Crippen LogP contribution < -0.4 is 10.5 Å². The number of hydrogen-bond donors (Lipinski definition) is 1. The Kier molecular flexibility index (Phi) is 3.51. The molecule has 2 N–H and O–H groups in total. The van der Waals surface area contributed by atoms with E-state index in [1.165, 1.54) is 0 Å². The molecule has 3 rings (SSSR count). The second-order valence-corrected chi connectivity index (χ2v) is 4.52. The molecule has 0 bridgehead atoms. The number of hydrogen-bond acceptors (Lipinski definition) is 5. The predicted octanol–water partition coefficient (Wildman–Crippen LogP) is 2.17. The second kappa shape index (κ2) is 5.62. The molecule has 0 saturated heterocycles. The van der Waals surface area contributed by atoms with Crippen molar-refractivity contribution in [3.8, 4) is 5.88 Å². The number of aromatic nitrogens is 4. The molecular formula is C15H15N5O. The lowest BCUT2D eigenvalue weighted by molar-refractivity contribution is 0.297. The molecule has 0 aliphatic heterocycles. The average molecular weight is 281 g/mol. The summed E-state index contributed by atoms with van der Waals surface area (Å²) in [7, 11) is 0. The van der Waals surface area contributed by atoms with Gasteiger partial charge in [0, 0.05) is 6.54 Å². The molecule has 0 aliphatic rings. The van der Waals surface area contributed by atoms with Crippen molar-refractivity contribution in [3.63, 3.8) is 0 Å². The van der Waals surface area contributed by atoms with Crippen LogP contribution in [0.1, 0.15) is 5.56 Å². The van der Waals surface area contributed by atoms with Gasteiger partial charge in [-0.1, -0.05) is 36.4 Å². The fraction of sp³-hybridized carbons (Fsp3) is 0.133. The standard InChI is InChI=1S/C15H15N5O/c1-2-8-20-10-17-12-13(20)18-15(16)19-14(12)21-9-11-6-4-3-5-7-11/h2-7,10H,1,8-9H2,(H2,16,18,19). The highest BCUT2D eigenvalue weighted by Crippen LogP contribution is 2.22. The molecule has 106 valence electrons. The van der Waals surface area contributed by atoms with E-state index >= 15 is 0 Å². The number of rotatable bonds is 5. The van der Waals surface area contributed by atoms with Gasteiger partial charge >= 0.3 is 0 Å². The molecule has 0 saturated carbocycles. The van der Waals surface area contributed by atoms with Gasteiger partial charge in [-0.15, -0.1) is 6.58 Å². The van der Waals surface area contributed by atoms with Crippen LogP contribution in [0.4, 0.5) is 5.95 Å². The number of fused-ring (bicyclic) bond motifs is 1. The molecule has 0 spiro atoms. The lowest BCUT2D eigenvalue weighted by Crippen LogP contribution is -2.04. The fourth-order valence-electron chi connectivity index (χ4n) is 2.03. The van der Waals surface area contributed by atoms with Crippen molar-refractivity contribution >= 4 is 17.1 Å². The Bertz CT molecular complexity index is 766. The zero-order valence-electron chi connectivity index (χ0n) is 11.4. The first-order valence-electron chi connectivity index (χ1n) is 6.54. The number of allylic oxidation sites excluding steroid dienone is 1. The minimum absolute atomic E-state index is 0.163. The van der Waals surface area contributed by atoms with Crippen LogP contribution in [-0.2, 0) is 13.2 Å². The molecule has 3 aromatic rings. The summed E-state index contributed by atoms with van der Waals surface area (Å²) >= 11 is 0. The Balaban J connectivity index is 1.92. The first-order chi connectivity index (χ1) is 10.3. The minimum Gasteiger partial charge on any atom is -0.471 e. The Labute approximate surface area is 121 Å². The number of anilines is 1. The molecule has 6 heteroatoms. The van der Waals surface area contributed by atoms with Gasteiger partial charge in [-0.25, -0.2) is 4.98 Å². The van der Waals surface area contributed by atoms with Gasteiger partial charge in [-0.2, -0.15) is 9.97 Å². The van der Waals surface area contributed by atoms with E-state index in [-0.39, 0.29) is 5.95 Å². The zero-order valence-corrected chi connectivity index (χ0v) is 11.4. The van der Waals surface area contributed by atoms with Crippen molar-refractivity contribution in [3.05, 3.63) is 54.9 Å². The zero-order chi connectivity index (χ0) is 14.7. The summed E-state index contributed by atoms with van der Waals surface area (Å²) in [6, 6.07) is 9.85. The topological polar surface area (TPSA) is 78.8 Å². The van der Waals surface area contributed by atoms with E-state index in [0.29, 0.717) is 30.2 Å². The Morgan fingerprint density at radius 2 is 2.05 bits per heavy atom. The van der Waals surface area contributed by atoms with Gasteiger partial charge in [0.25, 0.3) is 0 Å². The molecule has 1 aromatic carbocycles. The summed E-state index contributed by atoms with van der Waals surface area (Å²) in [6.45, 7) is 4.71. The fourth-order valence-corrected chi connectivity index (χ4v) is 2.03. The van der Waals surface area contributed by atoms with E-state index in [0.717, 1.165) is 5.56 Å². The summed E-state index contributed by atoms with van der Waals surface area (Å²) < 4.78 is 7.59. The van der Waals surface area contributed by atoms with Crippen LogP contribution in [0.3, 0.4) is 0 Å². The van der Waals surface area contributed by atoms with E-state index in [9.17, 15) is 0 Å². The van der Waals surface area contributed by atoms with Crippen molar-refractivity contribution in [1.29, 1.82) is 0 Å². The van der Waals surface area contributed by atoms with E-state index in [1.807, 2.05) is 34.9 Å². The molecule has 2 heterocycles. The molecule has 0 fully saturated rings. The third-order valence-electron chi connectivity index (χ3n) is 2.99. The summed E-state index contributed by atoms with van der Waals surface area (Å²) in [6.07, 6.45) is 3.44. The van der Waals surface area contributed by atoms with Gasteiger partial charge < -0.3 is 15.0 Å². The van der Waals surface area contributed by atoms with Crippen molar-refractivity contribution in [2.24, 2.45) is 0 Å². The molecule has 0 radical (unpaired) electrons. The molecule has 21 heavy (non-hydrogen) atoms. The number of imidazole rings is 1. The predicted molar refractivity (Wildman–Crippen MR) is 80.7 cm³/mol. The van der Waals surface area contributed by atoms with E-state index in [2.05, 4.69) is 21.5 Å². The summed E-state index contributed by atoms with van der Waals surface area (Å²) in [5.74, 6) is 0.556. The van der Waals surface area contributed by atoms with Gasteiger partial charge in [0.2, 0.25) is 11.8 Å². The maximum Gasteiger partial charge on any atom is 0.247 e. The van der Waals surface area contributed by atoms with Crippen LogP contribution in [0.2, 0.25) is 0 Å². The van der Waals surface area contributed by atoms with Crippen LogP contribution >= 0.6 is 0 Å². The molecular weight excluding hydrogens is 266 g/mol. The van der Waals surface area contributed by atoms with Crippen molar-refractivity contribution in [2.45, 2.75) is 13.2 Å². The molecule has 0 unspecified atom stereocenters. The van der Waals surface area contributed by atoms with Crippen LogP contribution in [0.5, 0.6) is 5.88 Å². The van der Waals surface area contributed by atoms with Crippen molar-refractivity contribution < 1.29 is 4.74 Å². The molecule has 0 amide bonds. The average Bonchev–Trinajstić information content (AvgIpc) is 2.89. The number of nitrogens with two attached hydrogens (primary N) is 1. The van der Waals surface area contributed by atoms with Gasteiger partial charge in [0.1, 0.15) is 6.61 Å². The van der Waals surface area contributed by atoms with Crippen molar-refractivity contribution in [1.82, 2.24) is 19.5 Å². The first-order valence-corrected chi connectivity index (χ1v) is 6.54. The van der Waals surface area contributed by atoms with Crippen LogP contribution in [0.25, 0.3) is 11.2 Å². The summed E-state index contributed by atoms with van der Waals surface area (Å²) in [4.78, 5) is 12.6. The van der Waals surface area contributed by atoms with Gasteiger partial charge in [-0.05, 0) is 5.56 Å². The third kappa shape index (κ3) is 2.69. The maximum absolute atomic E-state index is 5.75. The van der Waals surface area contributed by atoms with Gasteiger partial charge in [0.05, 0.1) is 6.33 Å². The molecule has 6 nitrogen and oxygen atoms in total. The highest BCUT2D eigenvalue weighted by Gasteiger charge is 2.13. The van der Waals surface area contributed by atoms with E-state index in [1.54, 1.807) is 12.4 Å². The number of benzene rings is 1. The van der Waals surface area contributed by atoms with Gasteiger partial charge in [0.15, 0.2) is 11.2 Å². The minimum atomic E-state index is 0.163. The second-order valence-electron chi connectivity index (χ2n) is 4.52. The number of nitrogens with zero attached hydrogens (tertiary/aromatic N) is 4. The Hall–Kier alpha value is -2.89. The normalized spacial score (nSPS) is 10.7. The van der Waals surface area contributed by atoms with Gasteiger partial charge in [-0.3, -0.25) is 0 Å². The third-order valence-corrected chi connectivity index (χ3v) is 2.99. The van der Waals surface area contributed by atoms with E-state index < -0.39 is 0 Å². The monoisotopic (exact) mass is 281 g/mol. The van der Waals surface area contributed by atoms with E-state index in [4.69, 9.17) is 10.5 Å². The number of nitrogen functional groups attached to an aromatic ring is 1. The smallest absolute Gasteiger partial charge is 0.247 e. The van der Waals surface area contributed by atoms with Crippen LogP contribution in [0, 0.1) is 0 Å². The highest BCUT2D eigenvalue weighted by atomic mass is 16.5. The molecule has 2 aromatic heterocycles.